The number of amides is 2. The van der Waals surface area contributed by atoms with Crippen LogP contribution in [0.3, 0.4) is 0 Å². The Labute approximate surface area is 185 Å². The van der Waals surface area contributed by atoms with Crippen molar-refractivity contribution in [1.82, 2.24) is 25.6 Å². The summed E-state index contributed by atoms with van der Waals surface area (Å²) in [5.41, 5.74) is 8.35. The highest BCUT2D eigenvalue weighted by Crippen LogP contribution is 2.22. The zero-order valence-corrected chi connectivity index (χ0v) is 18.7. The summed E-state index contributed by atoms with van der Waals surface area (Å²) in [7, 11) is 0. The van der Waals surface area contributed by atoms with E-state index in [9.17, 15) is 9.59 Å². The number of benzene rings is 1. The number of carbonyl (C=O) groups is 2. The van der Waals surface area contributed by atoms with Gasteiger partial charge < -0.3 is 4.74 Å². The van der Waals surface area contributed by atoms with Crippen molar-refractivity contribution in [1.29, 1.82) is 0 Å². The number of hydrazine groups is 1. The van der Waals surface area contributed by atoms with Crippen molar-refractivity contribution in [3.63, 3.8) is 0 Å². The molecule has 1 unspecified atom stereocenters. The van der Waals surface area contributed by atoms with Gasteiger partial charge in [-0.1, -0.05) is 23.7 Å². The fourth-order valence-electron chi connectivity index (χ4n) is 2.94. The number of hydrogen-bond donors (Lipinski definition) is 2. The maximum absolute atomic E-state index is 12.6. The van der Waals surface area contributed by atoms with E-state index < -0.39 is 17.9 Å². The van der Waals surface area contributed by atoms with Gasteiger partial charge in [0.25, 0.3) is 11.8 Å². The molecule has 0 aliphatic carbocycles. The molecule has 1 atom stereocenters. The summed E-state index contributed by atoms with van der Waals surface area (Å²) in [4.78, 5) is 29.3. The van der Waals surface area contributed by atoms with Crippen LogP contribution in [-0.4, -0.2) is 32.7 Å². The number of halogens is 1. The SMILES string of the molecule is Cc1cc(C)n(-c2ccc(Cl)c(C(=O)NNC(=O)C(C)Oc3cccc(C)c3C)n2)n1. The average molecular weight is 442 g/mol. The minimum absolute atomic E-state index is 0.0323. The van der Waals surface area contributed by atoms with Gasteiger partial charge >= 0.3 is 0 Å². The van der Waals surface area contributed by atoms with E-state index in [0.717, 1.165) is 22.5 Å². The van der Waals surface area contributed by atoms with Gasteiger partial charge in [0.15, 0.2) is 17.6 Å². The number of carbonyl (C=O) groups excluding carboxylic acids is 2. The van der Waals surface area contributed by atoms with Crippen LogP contribution >= 0.6 is 11.6 Å². The topological polar surface area (TPSA) is 98.1 Å². The van der Waals surface area contributed by atoms with Gasteiger partial charge in [0, 0.05) is 5.69 Å². The van der Waals surface area contributed by atoms with Crippen LogP contribution in [0.1, 0.15) is 39.9 Å². The molecule has 162 valence electrons. The monoisotopic (exact) mass is 441 g/mol. The summed E-state index contributed by atoms with van der Waals surface area (Å²) in [5, 5.41) is 4.50. The van der Waals surface area contributed by atoms with Gasteiger partial charge in [-0.05, 0) is 70.0 Å². The second kappa shape index (κ2) is 9.18. The Morgan fingerprint density at radius 1 is 1.10 bits per heavy atom. The Kier molecular flexibility index (Phi) is 6.60. The summed E-state index contributed by atoms with van der Waals surface area (Å²) < 4.78 is 7.34. The minimum Gasteiger partial charge on any atom is -0.481 e. The first-order valence-electron chi connectivity index (χ1n) is 9.70. The van der Waals surface area contributed by atoms with Crippen molar-refractivity contribution in [2.45, 2.75) is 40.7 Å². The predicted molar refractivity (Wildman–Crippen MR) is 117 cm³/mol. The molecule has 0 radical (unpaired) electrons. The summed E-state index contributed by atoms with van der Waals surface area (Å²) in [6.07, 6.45) is -0.828. The molecule has 0 fully saturated rings. The Balaban J connectivity index is 1.67. The summed E-state index contributed by atoms with van der Waals surface area (Å²) in [6.45, 7) is 9.22. The van der Waals surface area contributed by atoms with Crippen LogP contribution in [0.5, 0.6) is 5.75 Å². The van der Waals surface area contributed by atoms with Crippen molar-refractivity contribution in [3.05, 3.63) is 69.6 Å². The van der Waals surface area contributed by atoms with Crippen LogP contribution in [0.4, 0.5) is 0 Å². The highest BCUT2D eigenvalue weighted by atomic mass is 35.5. The molecule has 2 heterocycles. The van der Waals surface area contributed by atoms with E-state index in [4.69, 9.17) is 16.3 Å². The normalized spacial score (nSPS) is 11.7. The third-order valence-electron chi connectivity index (χ3n) is 4.80. The molecule has 0 saturated carbocycles. The predicted octanol–water partition coefficient (Wildman–Crippen LogP) is 3.38. The van der Waals surface area contributed by atoms with Crippen LogP contribution in [0.25, 0.3) is 5.82 Å². The summed E-state index contributed by atoms with van der Waals surface area (Å²) in [5.74, 6) is -0.116. The van der Waals surface area contributed by atoms with Gasteiger partial charge in [-0.25, -0.2) is 9.67 Å². The summed E-state index contributed by atoms with van der Waals surface area (Å²) >= 11 is 6.15. The molecule has 3 aromatic rings. The molecule has 0 bridgehead atoms. The molecule has 0 aliphatic heterocycles. The Morgan fingerprint density at radius 2 is 1.84 bits per heavy atom. The third-order valence-corrected chi connectivity index (χ3v) is 5.11. The lowest BCUT2D eigenvalue weighted by atomic mass is 10.1. The van der Waals surface area contributed by atoms with Crippen LogP contribution in [-0.2, 0) is 4.79 Å². The van der Waals surface area contributed by atoms with Crippen LogP contribution in [0, 0.1) is 27.7 Å². The second-order valence-corrected chi connectivity index (χ2v) is 7.65. The van der Waals surface area contributed by atoms with Crippen molar-refractivity contribution >= 4 is 23.4 Å². The molecular weight excluding hydrogens is 418 g/mol. The number of aryl methyl sites for hydroxylation is 3. The second-order valence-electron chi connectivity index (χ2n) is 7.24. The molecule has 0 spiro atoms. The van der Waals surface area contributed by atoms with Crippen molar-refractivity contribution in [3.8, 4) is 11.6 Å². The lowest BCUT2D eigenvalue weighted by molar-refractivity contribution is -0.128. The van der Waals surface area contributed by atoms with Gasteiger partial charge in [-0.3, -0.25) is 20.4 Å². The highest BCUT2D eigenvalue weighted by molar-refractivity contribution is 6.33. The first-order chi connectivity index (χ1) is 14.7. The van der Waals surface area contributed by atoms with Gasteiger partial charge in [0.1, 0.15) is 5.75 Å². The quantitative estimate of drug-likeness (QED) is 0.591. The molecule has 31 heavy (non-hydrogen) atoms. The van der Waals surface area contributed by atoms with E-state index in [1.165, 1.54) is 0 Å². The molecule has 1 aromatic carbocycles. The average Bonchev–Trinajstić information content (AvgIpc) is 3.07. The summed E-state index contributed by atoms with van der Waals surface area (Å²) in [6, 6.07) is 10.7. The molecule has 2 N–H and O–H groups in total. The van der Waals surface area contributed by atoms with Gasteiger partial charge in [0.05, 0.1) is 10.7 Å². The maximum Gasteiger partial charge on any atom is 0.289 e. The van der Waals surface area contributed by atoms with Crippen molar-refractivity contribution in [2.75, 3.05) is 0 Å². The number of nitrogens with one attached hydrogen (secondary N) is 2. The maximum atomic E-state index is 12.6. The molecular formula is C22H24ClN5O3. The van der Waals surface area contributed by atoms with E-state index in [2.05, 4.69) is 20.9 Å². The number of aromatic nitrogens is 3. The van der Waals surface area contributed by atoms with Crippen molar-refractivity contribution < 1.29 is 14.3 Å². The first-order valence-corrected chi connectivity index (χ1v) is 10.1. The van der Waals surface area contributed by atoms with E-state index in [-0.39, 0.29) is 10.7 Å². The smallest absolute Gasteiger partial charge is 0.289 e. The number of pyridine rings is 1. The molecule has 0 aliphatic rings. The fourth-order valence-corrected chi connectivity index (χ4v) is 3.14. The van der Waals surface area contributed by atoms with E-state index in [1.54, 1.807) is 29.8 Å². The van der Waals surface area contributed by atoms with E-state index in [0.29, 0.717) is 11.6 Å². The lowest BCUT2D eigenvalue weighted by Crippen LogP contribution is -2.47. The number of rotatable bonds is 5. The number of hydrogen-bond acceptors (Lipinski definition) is 5. The Hall–Kier alpha value is -3.39. The van der Waals surface area contributed by atoms with Crippen LogP contribution in [0.15, 0.2) is 36.4 Å². The fraction of sp³-hybridized carbons (Fsp3) is 0.273. The van der Waals surface area contributed by atoms with Crippen molar-refractivity contribution in [2.24, 2.45) is 0 Å². The zero-order valence-electron chi connectivity index (χ0n) is 18.0. The molecule has 2 amide bonds. The van der Waals surface area contributed by atoms with E-state index in [1.807, 2.05) is 45.9 Å². The van der Waals surface area contributed by atoms with Crippen LogP contribution < -0.4 is 15.6 Å². The molecule has 0 saturated heterocycles. The minimum atomic E-state index is -0.828. The Bertz CT molecular complexity index is 1140. The molecule has 9 heteroatoms. The van der Waals surface area contributed by atoms with E-state index >= 15 is 0 Å². The number of ether oxygens (including phenoxy) is 1. The highest BCUT2D eigenvalue weighted by Gasteiger charge is 2.19. The molecule has 8 nitrogen and oxygen atoms in total. The molecule has 2 aromatic heterocycles. The first kappa shape index (κ1) is 22.3. The molecule has 3 rings (SSSR count). The third kappa shape index (κ3) is 5.03. The Morgan fingerprint density at radius 3 is 2.52 bits per heavy atom. The van der Waals surface area contributed by atoms with Crippen LogP contribution in [0.2, 0.25) is 5.02 Å². The lowest BCUT2D eigenvalue weighted by Gasteiger charge is -2.17. The number of nitrogens with zero attached hydrogens (tertiary/aromatic N) is 3. The standard InChI is InChI=1S/C22H24ClN5O3/c1-12-7-6-8-18(15(12)4)31-16(5)21(29)25-26-22(30)20-17(23)9-10-19(24-20)28-14(3)11-13(2)27-28/h6-11,16H,1-5H3,(H,25,29)(H,26,30). The van der Waals surface area contributed by atoms with Gasteiger partial charge in [-0.15, -0.1) is 0 Å². The van der Waals surface area contributed by atoms with Gasteiger partial charge in [-0.2, -0.15) is 5.10 Å². The van der Waals surface area contributed by atoms with Gasteiger partial charge in [0.2, 0.25) is 0 Å². The largest absolute Gasteiger partial charge is 0.481 e. The zero-order chi connectivity index (χ0) is 22.7.